The van der Waals surface area contributed by atoms with E-state index in [0.717, 1.165) is 26.1 Å². The van der Waals surface area contributed by atoms with Gasteiger partial charge in [-0.2, -0.15) is 0 Å². The Morgan fingerprint density at radius 3 is 2.81 bits per heavy atom. The zero-order valence-corrected chi connectivity index (χ0v) is 15.0. The number of amides is 1. The molecule has 27 heavy (non-hydrogen) atoms. The fourth-order valence-corrected chi connectivity index (χ4v) is 3.95. The SMILES string of the molecule is O=C(NCc1ccc(-c2nc3ccccc3s2)o1)c1cc2ccccc2[nH]1. The molecule has 0 aliphatic rings. The number of para-hydroxylation sites is 2. The molecule has 0 radical (unpaired) electrons. The van der Waals surface area contributed by atoms with Crippen molar-refractivity contribution in [2.45, 2.75) is 6.54 Å². The largest absolute Gasteiger partial charge is 0.457 e. The number of fused-ring (bicyclic) bond motifs is 2. The number of carbonyl (C=O) groups is 1. The van der Waals surface area contributed by atoms with Crippen LogP contribution < -0.4 is 5.32 Å². The Kier molecular flexibility index (Phi) is 3.76. The van der Waals surface area contributed by atoms with E-state index in [1.165, 1.54) is 0 Å². The molecule has 5 rings (SSSR count). The van der Waals surface area contributed by atoms with Crippen LogP contribution in [0.25, 0.3) is 31.9 Å². The van der Waals surface area contributed by atoms with Crippen LogP contribution in [-0.4, -0.2) is 15.9 Å². The molecule has 2 aromatic carbocycles. The summed E-state index contributed by atoms with van der Waals surface area (Å²) < 4.78 is 6.99. The van der Waals surface area contributed by atoms with Gasteiger partial charge in [0.15, 0.2) is 10.8 Å². The van der Waals surface area contributed by atoms with Crippen LogP contribution in [-0.2, 0) is 6.54 Å². The molecule has 0 bridgehead atoms. The first kappa shape index (κ1) is 15.8. The van der Waals surface area contributed by atoms with Crippen LogP contribution in [0.1, 0.15) is 16.2 Å². The van der Waals surface area contributed by atoms with Crippen LogP contribution in [0, 0.1) is 0 Å². The summed E-state index contributed by atoms with van der Waals surface area (Å²) in [4.78, 5) is 20.1. The maximum atomic E-state index is 12.4. The van der Waals surface area contributed by atoms with E-state index in [1.54, 1.807) is 11.3 Å². The molecule has 0 fully saturated rings. The lowest BCUT2D eigenvalue weighted by atomic mass is 10.2. The zero-order chi connectivity index (χ0) is 18.2. The molecule has 5 aromatic rings. The van der Waals surface area contributed by atoms with Gasteiger partial charge in [-0.1, -0.05) is 30.3 Å². The molecule has 0 saturated heterocycles. The lowest BCUT2D eigenvalue weighted by Crippen LogP contribution is -2.22. The van der Waals surface area contributed by atoms with Crippen molar-refractivity contribution in [3.8, 4) is 10.8 Å². The molecule has 0 aliphatic carbocycles. The van der Waals surface area contributed by atoms with Gasteiger partial charge in [-0.15, -0.1) is 11.3 Å². The van der Waals surface area contributed by atoms with E-state index < -0.39 is 0 Å². The van der Waals surface area contributed by atoms with Gasteiger partial charge in [0, 0.05) is 10.9 Å². The standard InChI is InChI=1S/C21H15N3O2S/c25-20(17-11-13-5-1-2-6-15(13)23-17)22-12-14-9-10-18(26-14)21-24-16-7-3-4-8-19(16)27-21/h1-11,23H,12H2,(H,22,25). The van der Waals surface area contributed by atoms with Crippen molar-refractivity contribution in [3.05, 3.63) is 78.2 Å². The summed E-state index contributed by atoms with van der Waals surface area (Å²) in [7, 11) is 0. The number of benzene rings is 2. The highest BCUT2D eigenvalue weighted by Crippen LogP contribution is 2.31. The third-order valence-corrected chi connectivity index (χ3v) is 5.42. The van der Waals surface area contributed by atoms with Gasteiger partial charge in [-0.05, 0) is 36.4 Å². The first-order valence-corrected chi connectivity index (χ1v) is 9.38. The lowest BCUT2D eigenvalue weighted by Gasteiger charge is -2.01. The molecule has 0 saturated carbocycles. The van der Waals surface area contributed by atoms with Gasteiger partial charge in [0.1, 0.15) is 11.5 Å². The first-order valence-electron chi connectivity index (χ1n) is 8.57. The lowest BCUT2D eigenvalue weighted by molar-refractivity contribution is 0.0944. The summed E-state index contributed by atoms with van der Waals surface area (Å²) in [6.07, 6.45) is 0. The molecule has 1 amide bonds. The maximum Gasteiger partial charge on any atom is 0.268 e. The minimum absolute atomic E-state index is 0.163. The minimum Gasteiger partial charge on any atom is -0.457 e. The van der Waals surface area contributed by atoms with Gasteiger partial charge in [0.05, 0.1) is 16.8 Å². The molecule has 3 heterocycles. The Bertz CT molecular complexity index is 1200. The fourth-order valence-electron chi connectivity index (χ4n) is 3.02. The van der Waals surface area contributed by atoms with E-state index in [9.17, 15) is 4.79 Å². The van der Waals surface area contributed by atoms with Gasteiger partial charge in [-0.25, -0.2) is 4.98 Å². The number of furan rings is 1. The van der Waals surface area contributed by atoms with Gasteiger partial charge in [0.2, 0.25) is 0 Å². The second kappa shape index (κ2) is 6.41. The van der Waals surface area contributed by atoms with Crippen molar-refractivity contribution in [2.75, 3.05) is 0 Å². The fraction of sp³-hybridized carbons (Fsp3) is 0.0476. The van der Waals surface area contributed by atoms with Gasteiger partial charge >= 0.3 is 0 Å². The Labute approximate surface area is 158 Å². The number of aromatic amines is 1. The number of H-pyrrole nitrogens is 1. The average molecular weight is 373 g/mol. The normalized spacial score (nSPS) is 11.3. The van der Waals surface area contributed by atoms with Crippen molar-refractivity contribution >= 4 is 38.4 Å². The van der Waals surface area contributed by atoms with E-state index in [4.69, 9.17) is 4.42 Å². The minimum atomic E-state index is -0.163. The number of rotatable bonds is 4. The van der Waals surface area contributed by atoms with Crippen LogP contribution in [0.5, 0.6) is 0 Å². The smallest absolute Gasteiger partial charge is 0.268 e. The summed E-state index contributed by atoms with van der Waals surface area (Å²) in [6.45, 7) is 0.319. The molecule has 0 atom stereocenters. The van der Waals surface area contributed by atoms with Crippen molar-refractivity contribution in [1.82, 2.24) is 15.3 Å². The molecular formula is C21H15N3O2S. The Hall–Kier alpha value is -3.38. The van der Waals surface area contributed by atoms with Gasteiger partial charge in [-0.3, -0.25) is 4.79 Å². The number of aromatic nitrogens is 2. The van der Waals surface area contributed by atoms with Crippen molar-refractivity contribution < 1.29 is 9.21 Å². The van der Waals surface area contributed by atoms with E-state index in [1.807, 2.05) is 66.7 Å². The summed E-state index contributed by atoms with van der Waals surface area (Å²) >= 11 is 1.59. The first-order chi connectivity index (χ1) is 13.3. The molecule has 132 valence electrons. The number of thiazole rings is 1. The highest BCUT2D eigenvalue weighted by atomic mass is 32.1. The van der Waals surface area contributed by atoms with Crippen LogP contribution in [0.2, 0.25) is 0 Å². The third kappa shape index (κ3) is 3.00. The molecule has 3 aromatic heterocycles. The van der Waals surface area contributed by atoms with Crippen molar-refractivity contribution in [3.63, 3.8) is 0 Å². The molecular weight excluding hydrogens is 358 g/mol. The molecule has 2 N–H and O–H groups in total. The summed E-state index contributed by atoms with van der Waals surface area (Å²) in [5.74, 6) is 1.24. The number of hydrogen-bond acceptors (Lipinski definition) is 4. The topological polar surface area (TPSA) is 70.9 Å². The second-order valence-electron chi connectivity index (χ2n) is 6.21. The highest BCUT2D eigenvalue weighted by molar-refractivity contribution is 7.21. The van der Waals surface area contributed by atoms with E-state index in [0.29, 0.717) is 23.8 Å². The van der Waals surface area contributed by atoms with E-state index >= 15 is 0 Å². The van der Waals surface area contributed by atoms with Crippen LogP contribution in [0.15, 0.2) is 71.1 Å². The molecule has 0 aliphatic heterocycles. The maximum absolute atomic E-state index is 12.4. The van der Waals surface area contributed by atoms with E-state index in [2.05, 4.69) is 15.3 Å². The summed E-state index contributed by atoms with van der Waals surface area (Å²) in [5, 5.41) is 4.74. The molecule has 6 heteroatoms. The van der Waals surface area contributed by atoms with Crippen LogP contribution >= 0.6 is 11.3 Å². The average Bonchev–Trinajstić information content (AvgIpc) is 3.42. The van der Waals surface area contributed by atoms with Crippen LogP contribution in [0.4, 0.5) is 0 Å². The molecule has 5 nitrogen and oxygen atoms in total. The number of nitrogens with one attached hydrogen (secondary N) is 2. The Morgan fingerprint density at radius 1 is 1.07 bits per heavy atom. The Balaban J connectivity index is 1.31. The Morgan fingerprint density at radius 2 is 1.93 bits per heavy atom. The van der Waals surface area contributed by atoms with Crippen LogP contribution in [0.3, 0.4) is 0 Å². The predicted molar refractivity (Wildman–Crippen MR) is 107 cm³/mol. The van der Waals surface area contributed by atoms with Gasteiger partial charge in [0.25, 0.3) is 5.91 Å². The number of hydrogen-bond donors (Lipinski definition) is 2. The predicted octanol–water partition coefficient (Wildman–Crippen LogP) is 4.97. The third-order valence-electron chi connectivity index (χ3n) is 4.36. The zero-order valence-electron chi connectivity index (χ0n) is 14.2. The molecule has 0 unspecified atom stereocenters. The monoisotopic (exact) mass is 373 g/mol. The molecule has 0 spiro atoms. The number of carbonyl (C=O) groups excluding carboxylic acids is 1. The van der Waals surface area contributed by atoms with Crippen molar-refractivity contribution in [2.24, 2.45) is 0 Å². The highest BCUT2D eigenvalue weighted by Gasteiger charge is 2.13. The summed E-state index contributed by atoms with van der Waals surface area (Å²) in [6, 6.07) is 21.4. The van der Waals surface area contributed by atoms with Crippen molar-refractivity contribution in [1.29, 1.82) is 0 Å². The van der Waals surface area contributed by atoms with Gasteiger partial charge < -0.3 is 14.7 Å². The second-order valence-corrected chi connectivity index (χ2v) is 7.24. The number of nitrogens with zero attached hydrogens (tertiary/aromatic N) is 1. The quantitative estimate of drug-likeness (QED) is 0.467. The summed E-state index contributed by atoms with van der Waals surface area (Å²) in [5.41, 5.74) is 2.44. The van der Waals surface area contributed by atoms with E-state index in [-0.39, 0.29) is 5.91 Å².